The molecule has 0 unspecified atom stereocenters. The van der Waals surface area contributed by atoms with E-state index in [2.05, 4.69) is 10.6 Å². The Morgan fingerprint density at radius 2 is 1.68 bits per heavy atom. The average molecular weight is 558 g/mol. The molecule has 1 aromatic heterocycles. The molecule has 4 rings (SSSR count). The summed E-state index contributed by atoms with van der Waals surface area (Å²) < 4.78 is 26.0. The second-order valence-electron chi connectivity index (χ2n) is 7.87. The molecule has 0 atom stereocenters. The minimum Gasteiger partial charge on any atom is -0.504 e. The first kappa shape index (κ1) is 26.8. The number of nitrogens with one attached hydrogen (secondary N) is 2. The standard InChI is InChI=1S/C27H22Cl2FN3O5/c1-3-38-26(35)24-20(32-27(36)31-19-8-5-7-18(28)23(19)30)14-22(29)33(24)16-12-10-15(11-13-16)17-6-4-9-21(37-2)25(17)34/h4-14,34H,3H2,1-2H3,(H2,31,32,36). The fourth-order valence-electron chi connectivity index (χ4n) is 3.81. The van der Waals surface area contributed by atoms with Gasteiger partial charge >= 0.3 is 12.0 Å². The number of phenols is 1. The van der Waals surface area contributed by atoms with E-state index in [1.165, 1.54) is 35.9 Å². The number of benzene rings is 3. The zero-order chi connectivity index (χ0) is 27.4. The number of nitrogens with zero attached hydrogens (tertiary/aromatic N) is 1. The maximum Gasteiger partial charge on any atom is 0.357 e. The molecular weight excluding hydrogens is 536 g/mol. The lowest BCUT2D eigenvalue weighted by molar-refractivity contribution is 0.0518. The Hall–Kier alpha value is -4.21. The molecule has 2 amide bonds. The molecule has 0 saturated carbocycles. The van der Waals surface area contributed by atoms with Crippen molar-refractivity contribution in [3.8, 4) is 28.3 Å². The number of carbonyl (C=O) groups is 2. The number of hydrogen-bond donors (Lipinski definition) is 3. The van der Waals surface area contributed by atoms with Crippen LogP contribution in [0.2, 0.25) is 10.2 Å². The van der Waals surface area contributed by atoms with Gasteiger partial charge in [0.1, 0.15) is 5.15 Å². The van der Waals surface area contributed by atoms with Crippen LogP contribution in [0.15, 0.2) is 66.7 Å². The van der Waals surface area contributed by atoms with E-state index in [0.29, 0.717) is 22.6 Å². The second kappa shape index (κ2) is 11.5. The van der Waals surface area contributed by atoms with Crippen molar-refractivity contribution in [2.75, 3.05) is 24.4 Å². The van der Waals surface area contributed by atoms with E-state index in [4.69, 9.17) is 32.7 Å². The third kappa shape index (κ3) is 5.39. The van der Waals surface area contributed by atoms with Crippen LogP contribution < -0.4 is 15.4 Å². The molecule has 0 aliphatic rings. The number of anilines is 2. The number of para-hydroxylation sites is 1. The molecule has 0 aliphatic heterocycles. The Bertz CT molecular complexity index is 1510. The number of esters is 1. The van der Waals surface area contributed by atoms with E-state index in [1.807, 2.05) is 0 Å². The first-order chi connectivity index (χ1) is 18.2. The van der Waals surface area contributed by atoms with Gasteiger partial charge in [-0.25, -0.2) is 14.0 Å². The summed E-state index contributed by atoms with van der Waals surface area (Å²) in [7, 11) is 1.46. The number of ether oxygens (including phenoxy) is 2. The number of halogens is 3. The van der Waals surface area contributed by atoms with Gasteiger partial charge in [-0.15, -0.1) is 0 Å². The summed E-state index contributed by atoms with van der Waals surface area (Å²) in [4.78, 5) is 25.6. The molecule has 11 heteroatoms. The summed E-state index contributed by atoms with van der Waals surface area (Å²) >= 11 is 12.3. The summed E-state index contributed by atoms with van der Waals surface area (Å²) in [6.07, 6.45) is 0. The van der Waals surface area contributed by atoms with Gasteiger partial charge in [0.25, 0.3) is 0 Å². The van der Waals surface area contributed by atoms with Gasteiger partial charge in [0.15, 0.2) is 23.0 Å². The van der Waals surface area contributed by atoms with Crippen LogP contribution in [0.25, 0.3) is 16.8 Å². The number of amides is 2. The highest BCUT2D eigenvalue weighted by Crippen LogP contribution is 2.38. The van der Waals surface area contributed by atoms with Crippen molar-refractivity contribution in [2.24, 2.45) is 0 Å². The van der Waals surface area contributed by atoms with Gasteiger partial charge in [0.05, 0.1) is 30.1 Å². The number of aromatic nitrogens is 1. The predicted molar refractivity (Wildman–Crippen MR) is 144 cm³/mol. The van der Waals surface area contributed by atoms with Crippen LogP contribution in [0.1, 0.15) is 17.4 Å². The number of hydrogen-bond acceptors (Lipinski definition) is 5. The smallest absolute Gasteiger partial charge is 0.357 e. The maximum atomic E-state index is 14.2. The lowest BCUT2D eigenvalue weighted by Gasteiger charge is -2.14. The highest BCUT2D eigenvalue weighted by molar-refractivity contribution is 6.31. The Balaban J connectivity index is 1.69. The highest BCUT2D eigenvalue weighted by atomic mass is 35.5. The van der Waals surface area contributed by atoms with E-state index in [1.54, 1.807) is 49.4 Å². The predicted octanol–water partition coefficient (Wildman–Crippen LogP) is 7.13. The SMILES string of the molecule is CCOC(=O)c1c(NC(=O)Nc2cccc(Cl)c2F)cc(Cl)n1-c1ccc(-c2cccc(OC)c2O)cc1. The quantitative estimate of drug-likeness (QED) is 0.210. The number of rotatable bonds is 7. The highest BCUT2D eigenvalue weighted by Gasteiger charge is 2.25. The van der Waals surface area contributed by atoms with Crippen molar-refractivity contribution in [1.29, 1.82) is 0 Å². The molecule has 0 aliphatic carbocycles. The zero-order valence-corrected chi connectivity index (χ0v) is 21.7. The molecule has 3 aromatic carbocycles. The third-order valence-corrected chi connectivity index (χ3v) is 6.10. The molecule has 38 heavy (non-hydrogen) atoms. The first-order valence-electron chi connectivity index (χ1n) is 11.3. The van der Waals surface area contributed by atoms with E-state index < -0.39 is 17.8 Å². The van der Waals surface area contributed by atoms with Gasteiger partial charge in [-0.2, -0.15) is 0 Å². The number of aromatic hydroxyl groups is 1. The number of phenolic OH excluding ortho intramolecular Hbond substituents is 1. The first-order valence-corrected chi connectivity index (χ1v) is 12.1. The summed E-state index contributed by atoms with van der Waals surface area (Å²) in [5, 5.41) is 15.3. The van der Waals surface area contributed by atoms with Crippen LogP contribution in [-0.2, 0) is 4.74 Å². The van der Waals surface area contributed by atoms with Gasteiger partial charge < -0.3 is 25.2 Å². The van der Waals surface area contributed by atoms with Crippen LogP contribution in [-0.4, -0.2) is 35.4 Å². The van der Waals surface area contributed by atoms with Crippen LogP contribution in [0.5, 0.6) is 11.5 Å². The normalized spacial score (nSPS) is 10.7. The fraction of sp³-hybridized carbons (Fsp3) is 0.111. The average Bonchev–Trinajstić information content (AvgIpc) is 3.22. The molecule has 196 valence electrons. The van der Waals surface area contributed by atoms with E-state index in [-0.39, 0.29) is 39.6 Å². The molecule has 3 N–H and O–H groups in total. The molecule has 0 radical (unpaired) electrons. The third-order valence-electron chi connectivity index (χ3n) is 5.53. The minimum absolute atomic E-state index is 0.0115. The van der Waals surface area contributed by atoms with Gasteiger partial charge in [-0.05, 0) is 42.8 Å². The number of methoxy groups -OCH3 is 1. The van der Waals surface area contributed by atoms with E-state index >= 15 is 0 Å². The lowest BCUT2D eigenvalue weighted by Crippen LogP contribution is -2.22. The number of urea groups is 1. The molecular formula is C27H22Cl2FN3O5. The molecule has 1 heterocycles. The monoisotopic (exact) mass is 557 g/mol. The fourth-order valence-corrected chi connectivity index (χ4v) is 4.28. The van der Waals surface area contributed by atoms with Gasteiger partial charge in [-0.3, -0.25) is 4.57 Å². The van der Waals surface area contributed by atoms with Crippen molar-refractivity contribution in [2.45, 2.75) is 6.92 Å². The van der Waals surface area contributed by atoms with Gasteiger partial charge in [0.2, 0.25) is 0 Å². The molecule has 0 saturated heterocycles. The van der Waals surface area contributed by atoms with E-state index in [0.717, 1.165) is 0 Å². The van der Waals surface area contributed by atoms with Crippen molar-refractivity contribution < 1.29 is 28.6 Å². The van der Waals surface area contributed by atoms with Crippen LogP contribution in [0.3, 0.4) is 0 Å². The summed E-state index contributed by atoms with van der Waals surface area (Å²) in [6.45, 7) is 1.72. The number of carbonyl (C=O) groups excluding carboxylic acids is 2. The summed E-state index contributed by atoms with van der Waals surface area (Å²) in [5.74, 6) is -1.22. The second-order valence-corrected chi connectivity index (χ2v) is 8.66. The Morgan fingerprint density at radius 1 is 1.00 bits per heavy atom. The molecule has 0 bridgehead atoms. The van der Waals surface area contributed by atoms with Gasteiger partial charge in [-0.1, -0.05) is 53.5 Å². The Labute approximate surface area is 227 Å². The maximum absolute atomic E-state index is 14.2. The molecule has 8 nitrogen and oxygen atoms in total. The van der Waals surface area contributed by atoms with Crippen LogP contribution in [0.4, 0.5) is 20.6 Å². The minimum atomic E-state index is -0.825. The van der Waals surface area contributed by atoms with Crippen molar-refractivity contribution in [1.82, 2.24) is 4.57 Å². The Kier molecular flexibility index (Phi) is 8.09. The van der Waals surface area contributed by atoms with E-state index in [9.17, 15) is 19.1 Å². The summed E-state index contributed by atoms with van der Waals surface area (Å²) in [5.41, 5.74) is 1.58. The Morgan fingerprint density at radius 3 is 2.37 bits per heavy atom. The molecule has 4 aromatic rings. The largest absolute Gasteiger partial charge is 0.504 e. The zero-order valence-electron chi connectivity index (χ0n) is 20.2. The van der Waals surface area contributed by atoms with Crippen molar-refractivity contribution in [3.05, 3.63) is 88.4 Å². The molecule has 0 spiro atoms. The van der Waals surface area contributed by atoms with Gasteiger partial charge in [0, 0.05) is 17.3 Å². The molecule has 0 fully saturated rings. The lowest BCUT2D eigenvalue weighted by atomic mass is 10.0. The van der Waals surface area contributed by atoms with Crippen LogP contribution in [0, 0.1) is 5.82 Å². The topological polar surface area (TPSA) is 102 Å². The summed E-state index contributed by atoms with van der Waals surface area (Å²) in [6, 6.07) is 16.7. The van der Waals surface area contributed by atoms with Crippen molar-refractivity contribution in [3.63, 3.8) is 0 Å². The van der Waals surface area contributed by atoms with Crippen LogP contribution >= 0.6 is 23.2 Å². The van der Waals surface area contributed by atoms with Crippen molar-refractivity contribution >= 4 is 46.6 Å².